The molecule has 2 N–H and O–H groups in total. The van der Waals surface area contributed by atoms with Crippen molar-refractivity contribution in [3.8, 4) is 5.75 Å². The van der Waals surface area contributed by atoms with Crippen molar-refractivity contribution in [3.05, 3.63) is 59.7 Å². The lowest BCUT2D eigenvalue weighted by molar-refractivity contribution is -0.111. The summed E-state index contributed by atoms with van der Waals surface area (Å²) in [7, 11) is 1.36. The van der Waals surface area contributed by atoms with Crippen LogP contribution in [0.4, 0.5) is 25.0 Å². The van der Waals surface area contributed by atoms with Gasteiger partial charge in [0.2, 0.25) is 5.91 Å². The summed E-state index contributed by atoms with van der Waals surface area (Å²) in [6.07, 6.45) is 1.80. The summed E-state index contributed by atoms with van der Waals surface area (Å²) in [6, 6.07) is 7.97. The number of anilines is 2. The average molecular weight is 404 g/mol. The number of carbonyl (C=O) groups is 2. The van der Waals surface area contributed by atoms with Crippen LogP contribution in [-0.2, 0) is 9.53 Å². The van der Waals surface area contributed by atoms with E-state index in [2.05, 4.69) is 10.6 Å². The highest BCUT2D eigenvalue weighted by Gasteiger charge is 2.17. The second kappa shape index (κ2) is 9.18. The summed E-state index contributed by atoms with van der Waals surface area (Å²) in [5.41, 5.74) is -0.158. The number of amides is 2. The van der Waals surface area contributed by atoms with Crippen LogP contribution in [0, 0.1) is 11.6 Å². The minimum Gasteiger partial charge on any atom is -0.494 e. The molecule has 0 fully saturated rings. The molecule has 2 aromatic carbocycles. The lowest BCUT2D eigenvalue weighted by Gasteiger charge is -2.20. The molecule has 0 heterocycles. The highest BCUT2D eigenvalue weighted by atomic mass is 19.1. The number of hydrogen-bond donors (Lipinski definition) is 2. The minimum atomic E-state index is -0.818. The fourth-order valence-corrected chi connectivity index (χ4v) is 2.25. The fraction of sp³-hybridized carbons (Fsp3) is 0.238. The molecule has 0 aliphatic rings. The Morgan fingerprint density at radius 1 is 1.00 bits per heavy atom. The number of methoxy groups -OCH3 is 1. The lowest BCUT2D eigenvalue weighted by atomic mass is 10.2. The molecule has 0 aromatic heterocycles. The Balaban J connectivity index is 2.05. The Morgan fingerprint density at radius 2 is 1.72 bits per heavy atom. The molecular weight excluding hydrogens is 382 g/mol. The van der Waals surface area contributed by atoms with E-state index in [1.165, 1.54) is 43.5 Å². The third kappa shape index (κ3) is 6.91. The van der Waals surface area contributed by atoms with Crippen molar-refractivity contribution in [1.29, 1.82) is 0 Å². The zero-order valence-electron chi connectivity index (χ0n) is 16.5. The van der Waals surface area contributed by atoms with Gasteiger partial charge in [0.1, 0.15) is 11.4 Å². The topological polar surface area (TPSA) is 76.7 Å². The van der Waals surface area contributed by atoms with Gasteiger partial charge in [0.05, 0.1) is 12.8 Å². The first-order valence-electron chi connectivity index (χ1n) is 8.69. The van der Waals surface area contributed by atoms with E-state index in [9.17, 15) is 18.4 Å². The van der Waals surface area contributed by atoms with E-state index in [-0.39, 0.29) is 17.1 Å². The molecule has 8 heteroatoms. The predicted molar refractivity (Wildman–Crippen MR) is 107 cm³/mol. The summed E-state index contributed by atoms with van der Waals surface area (Å²) in [5, 5.41) is 4.83. The second-order valence-corrected chi connectivity index (χ2v) is 7.04. The Hall–Kier alpha value is -3.42. The summed E-state index contributed by atoms with van der Waals surface area (Å²) in [5.74, 6) is -1.65. The van der Waals surface area contributed by atoms with Crippen LogP contribution in [0.15, 0.2) is 42.5 Å². The largest absolute Gasteiger partial charge is 0.494 e. The molecule has 0 spiro atoms. The van der Waals surface area contributed by atoms with Crippen molar-refractivity contribution >= 4 is 29.5 Å². The molecule has 0 unspecified atom stereocenters. The van der Waals surface area contributed by atoms with E-state index in [0.717, 1.165) is 6.07 Å². The van der Waals surface area contributed by atoms with Crippen LogP contribution >= 0.6 is 0 Å². The first-order chi connectivity index (χ1) is 13.6. The van der Waals surface area contributed by atoms with Crippen LogP contribution in [0.2, 0.25) is 0 Å². The van der Waals surface area contributed by atoms with Crippen molar-refractivity contribution in [1.82, 2.24) is 0 Å². The molecule has 0 radical (unpaired) electrons. The number of hydrogen-bond acceptors (Lipinski definition) is 4. The molecule has 2 rings (SSSR count). The van der Waals surface area contributed by atoms with Crippen molar-refractivity contribution in [2.24, 2.45) is 0 Å². The van der Waals surface area contributed by atoms with Crippen molar-refractivity contribution in [2.45, 2.75) is 26.4 Å². The molecule has 0 saturated carbocycles. The van der Waals surface area contributed by atoms with Gasteiger partial charge in [-0.25, -0.2) is 13.6 Å². The van der Waals surface area contributed by atoms with Gasteiger partial charge in [-0.3, -0.25) is 10.1 Å². The van der Waals surface area contributed by atoms with E-state index in [1.54, 1.807) is 26.8 Å². The third-order valence-corrected chi connectivity index (χ3v) is 3.47. The van der Waals surface area contributed by atoms with Crippen molar-refractivity contribution < 1.29 is 27.8 Å². The molecule has 0 aliphatic carbocycles. The van der Waals surface area contributed by atoms with Crippen LogP contribution in [0.5, 0.6) is 5.75 Å². The zero-order valence-corrected chi connectivity index (χ0v) is 16.5. The molecule has 6 nitrogen and oxygen atoms in total. The monoisotopic (exact) mass is 404 g/mol. The van der Waals surface area contributed by atoms with Gasteiger partial charge in [0.25, 0.3) is 0 Å². The molecule has 0 saturated heterocycles. The molecule has 2 amide bonds. The molecule has 0 aliphatic heterocycles. The van der Waals surface area contributed by atoms with Gasteiger partial charge in [0.15, 0.2) is 11.6 Å². The van der Waals surface area contributed by atoms with Crippen LogP contribution in [0.3, 0.4) is 0 Å². The predicted octanol–water partition coefficient (Wildman–Crippen LogP) is 4.97. The number of halogens is 2. The number of nitrogens with one attached hydrogen (secondary N) is 2. The molecule has 0 atom stereocenters. The van der Waals surface area contributed by atoms with Crippen LogP contribution < -0.4 is 15.4 Å². The lowest BCUT2D eigenvalue weighted by Crippen LogP contribution is -2.27. The maximum atomic E-state index is 13.9. The first kappa shape index (κ1) is 21.9. The van der Waals surface area contributed by atoms with E-state index in [1.807, 2.05) is 0 Å². The van der Waals surface area contributed by atoms with Crippen LogP contribution in [0.25, 0.3) is 6.08 Å². The SMILES string of the molecule is COc1ccc(/C=C/C(=O)Nc2ccc(F)c(NC(=O)OC(C)(C)C)c2)cc1F. The number of rotatable bonds is 5. The van der Waals surface area contributed by atoms with Gasteiger partial charge < -0.3 is 14.8 Å². The van der Waals surface area contributed by atoms with E-state index in [4.69, 9.17) is 9.47 Å². The highest BCUT2D eigenvalue weighted by molar-refractivity contribution is 6.02. The maximum Gasteiger partial charge on any atom is 0.412 e. The summed E-state index contributed by atoms with van der Waals surface area (Å²) in [6.45, 7) is 5.04. The Morgan fingerprint density at radius 3 is 2.34 bits per heavy atom. The smallest absolute Gasteiger partial charge is 0.412 e. The van der Waals surface area contributed by atoms with E-state index < -0.39 is 29.2 Å². The van der Waals surface area contributed by atoms with E-state index in [0.29, 0.717) is 5.56 Å². The molecule has 29 heavy (non-hydrogen) atoms. The summed E-state index contributed by atoms with van der Waals surface area (Å²) < 4.78 is 37.5. The van der Waals surface area contributed by atoms with Gasteiger partial charge >= 0.3 is 6.09 Å². The Labute approximate surface area is 167 Å². The average Bonchev–Trinajstić information content (AvgIpc) is 2.61. The highest BCUT2D eigenvalue weighted by Crippen LogP contribution is 2.21. The van der Waals surface area contributed by atoms with Crippen LogP contribution in [0.1, 0.15) is 26.3 Å². The standard InChI is InChI=1S/C21H22F2N2O4/c1-21(2,3)29-20(27)25-17-12-14(7-8-15(17)22)24-19(26)10-6-13-5-9-18(28-4)16(23)11-13/h5-12H,1-4H3,(H,24,26)(H,25,27)/b10-6+. The van der Waals surface area contributed by atoms with Gasteiger partial charge in [0, 0.05) is 11.8 Å². The quantitative estimate of drug-likeness (QED) is 0.690. The summed E-state index contributed by atoms with van der Waals surface area (Å²) in [4.78, 5) is 23.9. The van der Waals surface area contributed by atoms with E-state index >= 15 is 0 Å². The van der Waals surface area contributed by atoms with Crippen molar-refractivity contribution in [2.75, 3.05) is 17.7 Å². The first-order valence-corrected chi connectivity index (χ1v) is 8.69. The van der Waals surface area contributed by atoms with Gasteiger partial charge in [-0.05, 0) is 62.7 Å². The third-order valence-electron chi connectivity index (χ3n) is 3.47. The Bertz CT molecular complexity index is 937. The zero-order chi connectivity index (χ0) is 21.6. The molecule has 0 bridgehead atoms. The van der Waals surface area contributed by atoms with Crippen LogP contribution in [-0.4, -0.2) is 24.7 Å². The Kier molecular flexibility index (Phi) is 6.93. The van der Waals surface area contributed by atoms with Crippen molar-refractivity contribution in [3.63, 3.8) is 0 Å². The fourth-order valence-electron chi connectivity index (χ4n) is 2.25. The molecule has 2 aromatic rings. The minimum absolute atomic E-state index is 0.0999. The van der Waals surface area contributed by atoms with Gasteiger partial charge in [-0.15, -0.1) is 0 Å². The normalized spacial score (nSPS) is 11.2. The van der Waals surface area contributed by atoms with Gasteiger partial charge in [-0.1, -0.05) is 6.07 Å². The molecule has 154 valence electrons. The van der Waals surface area contributed by atoms with Gasteiger partial charge in [-0.2, -0.15) is 0 Å². The maximum absolute atomic E-state index is 13.9. The number of ether oxygens (including phenoxy) is 2. The molecular formula is C21H22F2N2O4. The summed E-state index contributed by atoms with van der Waals surface area (Å²) >= 11 is 0. The number of carbonyl (C=O) groups excluding carboxylic acids is 2. The number of benzene rings is 2. The second-order valence-electron chi connectivity index (χ2n) is 7.04.